The van der Waals surface area contributed by atoms with Crippen LogP contribution in [0.1, 0.15) is 38.0 Å². The number of hydrogen-bond donors (Lipinski definition) is 1. The molecule has 1 aliphatic heterocycles. The Labute approximate surface area is 121 Å². The molecule has 20 heavy (non-hydrogen) atoms. The van der Waals surface area contributed by atoms with Gasteiger partial charge in [0.25, 0.3) is 0 Å². The van der Waals surface area contributed by atoms with Crippen molar-refractivity contribution in [3.05, 3.63) is 11.7 Å². The van der Waals surface area contributed by atoms with Gasteiger partial charge in [-0.2, -0.15) is 4.98 Å². The van der Waals surface area contributed by atoms with E-state index in [1.807, 2.05) is 0 Å². The Morgan fingerprint density at radius 3 is 2.85 bits per heavy atom. The van der Waals surface area contributed by atoms with Crippen molar-refractivity contribution in [3.8, 4) is 0 Å². The van der Waals surface area contributed by atoms with Crippen LogP contribution in [0.4, 0.5) is 0 Å². The molecule has 1 fully saturated rings. The maximum Gasteiger partial charge on any atom is 0.243 e. The fourth-order valence-electron chi connectivity index (χ4n) is 2.52. The zero-order valence-electron chi connectivity index (χ0n) is 13.0. The highest BCUT2D eigenvalue weighted by molar-refractivity contribution is 4.97. The van der Waals surface area contributed by atoms with Crippen molar-refractivity contribution in [1.29, 1.82) is 0 Å². The fraction of sp³-hybridized carbons (Fsp3) is 0.857. The van der Waals surface area contributed by atoms with Crippen LogP contribution in [0.25, 0.3) is 0 Å². The molecule has 0 aromatic carbocycles. The van der Waals surface area contributed by atoms with E-state index in [0.717, 1.165) is 38.3 Å². The molecule has 0 aliphatic carbocycles. The van der Waals surface area contributed by atoms with E-state index in [1.54, 1.807) is 0 Å². The normalized spacial score (nSPS) is 24.8. The van der Waals surface area contributed by atoms with Crippen molar-refractivity contribution in [2.45, 2.75) is 38.8 Å². The summed E-state index contributed by atoms with van der Waals surface area (Å²) in [5.41, 5.74) is 6.13. The molecule has 0 spiro atoms. The zero-order valence-corrected chi connectivity index (χ0v) is 13.0. The monoisotopic (exact) mass is 281 g/mol. The third kappa shape index (κ3) is 3.56. The van der Waals surface area contributed by atoms with Crippen LogP contribution >= 0.6 is 0 Å². The zero-order chi connectivity index (χ0) is 14.7. The number of likely N-dealkylation sites (N-methyl/N-ethyl adjacent to an activating group) is 2. The van der Waals surface area contributed by atoms with Crippen LogP contribution in [-0.2, 0) is 6.42 Å². The van der Waals surface area contributed by atoms with E-state index in [4.69, 9.17) is 10.3 Å². The molecule has 1 aromatic heterocycles. The summed E-state index contributed by atoms with van der Waals surface area (Å²) < 4.78 is 5.33. The summed E-state index contributed by atoms with van der Waals surface area (Å²) in [6.45, 7) is 7.46. The predicted molar refractivity (Wildman–Crippen MR) is 78.3 cm³/mol. The minimum Gasteiger partial charge on any atom is -0.338 e. The van der Waals surface area contributed by atoms with Crippen LogP contribution in [0, 0.1) is 5.92 Å². The van der Waals surface area contributed by atoms with Gasteiger partial charge in [-0.1, -0.05) is 25.4 Å². The molecule has 0 amide bonds. The Kier molecular flexibility index (Phi) is 5.12. The highest BCUT2D eigenvalue weighted by Gasteiger charge is 2.25. The van der Waals surface area contributed by atoms with Gasteiger partial charge < -0.3 is 20.1 Å². The lowest BCUT2D eigenvalue weighted by Crippen LogP contribution is -2.50. The molecule has 1 aromatic rings. The molecule has 1 saturated heterocycles. The molecule has 6 heteroatoms. The number of aromatic nitrogens is 2. The molecule has 114 valence electrons. The summed E-state index contributed by atoms with van der Waals surface area (Å²) in [6, 6.07) is 0.284. The van der Waals surface area contributed by atoms with E-state index in [2.05, 4.69) is 47.9 Å². The fourth-order valence-corrected chi connectivity index (χ4v) is 2.52. The van der Waals surface area contributed by atoms with Gasteiger partial charge in [0.15, 0.2) is 5.82 Å². The Balaban J connectivity index is 1.98. The highest BCUT2D eigenvalue weighted by Crippen LogP contribution is 2.20. The van der Waals surface area contributed by atoms with E-state index < -0.39 is 0 Å². The third-order valence-electron chi connectivity index (χ3n) is 4.42. The second-order valence-electron chi connectivity index (χ2n) is 6.06. The number of piperazine rings is 1. The molecule has 2 rings (SSSR count). The smallest absolute Gasteiger partial charge is 0.243 e. The molecule has 2 N–H and O–H groups in total. The molecule has 2 heterocycles. The molecule has 0 radical (unpaired) electrons. The van der Waals surface area contributed by atoms with Gasteiger partial charge in [0.2, 0.25) is 5.89 Å². The van der Waals surface area contributed by atoms with Crippen LogP contribution in [-0.4, -0.2) is 59.7 Å². The summed E-state index contributed by atoms with van der Waals surface area (Å²) in [4.78, 5) is 9.19. The second kappa shape index (κ2) is 6.65. The number of rotatable bonds is 5. The first-order valence-corrected chi connectivity index (χ1v) is 7.48. The molecular weight excluding hydrogens is 254 g/mol. The molecule has 1 aliphatic rings. The van der Waals surface area contributed by atoms with Gasteiger partial charge in [0, 0.05) is 32.1 Å². The van der Waals surface area contributed by atoms with Gasteiger partial charge in [0.05, 0.1) is 6.04 Å². The Hall–Kier alpha value is -0.980. The van der Waals surface area contributed by atoms with Crippen LogP contribution < -0.4 is 5.73 Å². The van der Waals surface area contributed by atoms with Crippen molar-refractivity contribution >= 4 is 0 Å². The summed E-state index contributed by atoms with van der Waals surface area (Å²) in [5, 5.41) is 4.10. The summed E-state index contributed by atoms with van der Waals surface area (Å²) in [5.74, 6) is 1.69. The summed E-state index contributed by atoms with van der Waals surface area (Å²) >= 11 is 0. The minimum atomic E-state index is -0.159. The Morgan fingerprint density at radius 1 is 1.40 bits per heavy atom. The number of nitrogens with two attached hydrogens (primary N) is 1. The van der Waals surface area contributed by atoms with Gasteiger partial charge in [-0.25, -0.2) is 0 Å². The third-order valence-corrected chi connectivity index (χ3v) is 4.42. The second-order valence-corrected chi connectivity index (χ2v) is 6.06. The average molecular weight is 281 g/mol. The van der Waals surface area contributed by atoms with Crippen LogP contribution in [0.3, 0.4) is 0 Å². The lowest BCUT2D eigenvalue weighted by Gasteiger charge is -2.37. The predicted octanol–water partition coefficient (Wildman–Crippen LogP) is 0.904. The standard InChI is InChI=1S/C14H27N5O/c1-5-10(2)13(15)14-16-12(17-20-14)8-11-9-18(3)6-7-19(11)4/h10-11,13H,5-9,15H2,1-4H3. The van der Waals surface area contributed by atoms with E-state index in [0.29, 0.717) is 17.9 Å². The Bertz CT molecular complexity index is 421. The maximum absolute atomic E-state index is 6.13. The number of hydrogen-bond acceptors (Lipinski definition) is 6. The molecule has 3 atom stereocenters. The first-order chi connectivity index (χ1) is 9.51. The lowest BCUT2D eigenvalue weighted by molar-refractivity contribution is 0.113. The van der Waals surface area contributed by atoms with Gasteiger partial charge >= 0.3 is 0 Å². The van der Waals surface area contributed by atoms with Crippen LogP contribution in [0.15, 0.2) is 4.52 Å². The highest BCUT2D eigenvalue weighted by atomic mass is 16.5. The quantitative estimate of drug-likeness (QED) is 0.865. The van der Waals surface area contributed by atoms with Gasteiger partial charge in [-0.15, -0.1) is 0 Å². The van der Waals surface area contributed by atoms with Crippen molar-refractivity contribution in [2.24, 2.45) is 11.7 Å². The topological polar surface area (TPSA) is 71.4 Å². The van der Waals surface area contributed by atoms with Gasteiger partial charge in [0.1, 0.15) is 0 Å². The van der Waals surface area contributed by atoms with Crippen LogP contribution in [0.2, 0.25) is 0 Å². The minimum absolute atomic E-state index is 0.159. The van der Waals surface area contributed by atoms with Crippen molar-refractivity contribution in [3.63, 3.8) is 0 Å². The molecule has 3 unspecified atom stereocenters. The first-order valence-electron chi connectivity index (χ1n) is 7.48. The van der Waals surface area contributed by atoms with Crippen molar-refractivity contribution in [1.82, 2.24) is 19.9 Å². The number of nitrogens with zero attached hydrogens (tertiary/aromatic N) is 4. The molecule has 0 saturated carbocycles. The molecule has 0 bridgehead atoms. The van der Waals surface area contributed by atoms with Crippen molar-refractivity contribution in [2.75, 3.05) is 33.7 Å². The van der Waals surface area contributed by atoms with Crippen molar-refractivity contribution < 1.29 is 4.52 Å². The largest absolute Gasteiger partial charge is 0.338 e. The maximum atomic E-state index is 6.13. The van der Waals surface area contributed by atoms with Gasteiger partial charge in [-0.3, -0.25) is 0 Å². The van der Waals surface area contributed by atoms with E-state index >= 15 is 0 Å². The lowest BCUT2D eigenvalue weighted by atomic mass is 10.0. The van der Waals surface area contributed by atoms with E-state index in [1.165, 1.54) is 0 Å². The SMILES string of the molecule is CCC(C)C(N)c1nc(CC2CN(C)CCN2C)no1. The van der Waals surface area contributed by atoms with E-state index in [9.17, 15) is 0 Å². The summed E-state index contributed by atoms with van der Waals surface area (Å²) in [7, 11) is 4.31. The Morgan fingerprint density at radius 2 is 2.15 bits per heavy atom. The molecular formula is C14H27N5O. The van der Waals surface area contributed by atoms with Gasteiger partial charge in [-0.05, 0) is 20.0 Å². The first kappa shape index (κ1) is 15.4. The van der Waals surface area contributed by atoms with E-state index in [-0.39, 0.29) is 6.04 Å². The average Bonchev–Trinajstić information content (AvgIpc) is 2.89. The molecule has 6 nitrogen and oxygen atoms in total. The summed E-state index contributed by atoms with van der Waals surface area (Å²) in [6.07, 6.45) is 1.83. The van der Waals surface area contributed by atoms with Crippen LogP contribution in [0.5, 0.6) is 0 Å².